The van der Waals surface area contributed by atoms with E-state index in [9.17, 15) is 10.2 Å². The summed E-state index contributed by atoms with van der Waals surface area (Å²) in [6, 6.07) is 8.80. The van der Waals surface area contributed by atoms with E-state index in [1.165, 1.54) is 6.07 Å². The lowest BCUT2D eigenvalue weighted by Gasteiger charge is -2.15. The molecule has 0 heterocycles. The lowest BCUT2D eigenvalue weighted by molar-refractivity contribution is 0.403. The summed E-state index contributed by atoms with van der Waals surface area (Å²) in [5.74, 6) is 0.660. The largest absolute Gasteiger partial charge is 0.504 e. The van der Waals surface area contributed by atoms with Crippen LogP contribution in [0.15, 0.2) is 30.3 Å². The van der Waals surface area contributed by atoms with E-state index in [1.807, 2.05) is 26.0 Å². The monoisotopic (exact) mass is 273 g/mol. The zero-order chi connectivity index (χ0) is 14.7. The third-order valence-corrected chi connectivity index (χ3v) is 3.33. The summed E-state index contributed by atoms with van der Waals surface area (Å²) in [5.41, 5.74) is 4.02. The molecule has 0 amide bonds. The highest BCUT2D eigenvalue weighted by Crippen LogP contribution is 2.30. The van der Waals surface area contributed by atoms with Gasteiger partial charge in [0.2, 0.25) is 0 Å². The highest BCUT2D eigenvalue weighted by atomic mass is 16.5. The molecule has 0 bridgehead atoms. The van der Waals surface area contributed by atoms with Crippen LogP contribution >= 0.6 is 0 Å². The zero-order valence-corrected chi connectivity index (χ0v) is 11.9. The van der Waals surface area contributed by atoms with Gasteiger partial charge < -0.3 is 20.3 Å². The molecule has 0 spiro atoms. The van der Waals surface area contributed by atoms with Crippen LogP contribution in [-0.4, -0.2) is 17.3 Å². The second kappa shape index (κ2) is 5.74. The van der Waals surface area contributed by atoms with E-state index in [0.717, 1.165) is 28.1 Å². The molecule has 0 atom stereocenters. The molecule has 2 aromatic rings. The number of benzene rings is 2. The molecule has 20 heavy (non-hydrogen) atoms. The Bertz CT molecular complexity index is 623. The standard InChI is InChI=1S/C16H19NO3/c1-10-4-6-13(11(2)16(10)20-3)17-9-12-5-7-14(18)15(19)8-12/h4-8,17-19H,9H2,1-3H3. The Morgan fingerprint density at radius 1 is 1.05 bits per heavy atom. The van der Waals surface area contributed by atoms with Crippen LogP contribution in [0.4, 0.5) is 5.69 Å². The normalized spacial score (nSPS) is 10.3. The van der Waals surface area contributed by atoms with Gasteiger partial charge in [0.15, 0.2) is 11.5 Å². The maximum absolute atomic E-state index is 9.47. The number of ether oxygens (including phenoxy) is 1. The molecule has 0 fully saturated rings. The number of rotatable bonds is 4. The fourth-order valence-electron chi connectivity index (χ4n) is 2.21. The van der Waals surface area contributed by atoms with Crippen molar-refractivity contribution in [1.82, 2.24) is 0 Å². The lowest BCUT2D eigenvalue weighted by atomic mass is 10.1. The molecule has 0 aliphatic rings. The van der Waals surface area contributed by atoms with Gasteiger partial charge in [0, 0.05) is 17.8 Å². The fourth-order valence-corrected chi connectivity index (χ4v) is 2.21. The first kappa shape index (κ1) is 14.1. The average Bonchev–Trinajstić information content (AvgIpc) is 2.42. The summed E-state index contributed by atoms with van der Waals surface area (Å²) >= 11 is 0. The Hall–Kier alpha value is -2.36. The van der Waals surface area contributed by atoms with Gasteiger partial charge in [-0.3, -0.25) is 0 Å². The molecule has 0 saturated carbocycles. The molecule has 0 saturated heterocycles. The van der Waals surface area contributed by atoms with Gasteiger partial charge in [-0.15, -0.1) is 0 Å². The van der Waals surface area contributed by atoms with Crippen molar-refractivity contribution < 1.29 is 14.9 Å². The predicted octanol–water partition coefficient (Wildman–Crippen LogP) is 3.34. The molecule has 0 aromatic heterocycles. The number of hydrogen-bond donors (Lipinski definition) is 3. The molecule has 0 aliphatic carbocycles. The molecule has 3 N–H and O–H groups in total. The van der Waals surface area contributed by atoms with E-state index in [0.29, 0.717) is 6.54 Å². The number of hydrogen-bond acceptors (Lipinski definition) is 4. The van der Waals surface area contributed by atoms with Gasteiger partial charge in [0.25, 0.3) is 0 Å². The van der Waals surface area contributed by atoms with Crippen molar-refractivity contribution >= 4 is 5.69 Å². The van der Waals surface area contributed by atoms with Crippen molar-refractivity contribution in [2.24, 2.45) is 0 Å². The molecule has 0 radical (unpaired) electrons. The fraction of sp³-hybridized carbons (Fsp3) is 0.250. The maximum Gasteiger partial charge on any atom is 0.157 e. The maximum atomic E-state index is 9.47. The van der Waals surface area contributed by atoms with E-state index in [2.05, 4.69) is 5.32 Å². The molecule has 0 unspecified atom stereocenters. The van der Waals surface area contributed by atoms with Gasteiger partial charge in [-0.05, 0) is 43.2 Å². The number of phenols is 2. The summed E-state index contributed by atoms with van der Waals surface area (Å²) in [6.07, 6.45) is 0. The summed E-state index contributed by atoms with van der Waals surface area (Å²) in [4.78, 5) is 0. The summed E-state index contributed by atoms with van der Waals surface area (Å²) in [5, 5.41) is 22.1. The van der Waals surface area contributed by atoms with E-state index in [4.69, 9.17) is 4.74 Å². The minimum Gasteiger partial charge on any atom is -0.504 e. The SMILES string of the molecule is COc1c(C)ccc(NCc2ccc(O)c(O)c2)c1C. The van der Waals surface area contributed by atoms with Gasteiger partial charge in [-0.2, -0.15) is 0 Å². The van der Waals surface area contributed by atoms with Crippen molar-refractivity contribution in [1.29, 1.82) is 0 Å². The molecule has 2 rings (SSSR count). The minimum absolute atomic E-state index is 0.109. The summed E-state index contributed by atoms with van der Waals surface area (Å²) < 4.78 is 5.39. The highest BCUT2D eigenvalue weighted by molar-refractivity contribution is 5.59. The molecule has 0 aliphatic heterocycles. The smallest absolute Gasteiger partial charge is 0.157 e. The van der Waals surface area contributed by atoms with E-state index in [1.54, 1.807) is 19.2 Å². The predicted molar refractivity (Wildman–Crippen MR) is 79.6 cm³/mol. The van der Waals surface area contributed by atoms with Gasteiger partial charge in [-0.1, -0.05) is 12.1 Å². The minimum atomic E-state index is -0.109. The van der Waals surface area contributed by atoms with Gasteiger partial charge >= 0.3 is 0 Å². The molecule has 4 nitrogen and oxygen atoms in total. The Labute approximate surface area is 118 Å². The Morgan fingerprint density at radius 2 is 1.80 bits per heavy atom. The second-order valence-corrected chi connectivity index (χ2v) is 4.76. The van der Waals surface area contributed by atoms with Gasteiger partial charge in [0.05, 0.1) is 7.11 Å². The quantitative estimate of drug-likeness (QED) is 0.748. The highest BCUT2D eigenvalue weighted by Gasteiger charge is 2.08. The summed E-state index contributed by atoms with van der Waals surface area (Å²) in [6.45, 7) is 4.57. The van der Waals surface area contributed by atoms with Crippen molar-refractivity contribution in [3.63, 3.8) is 0 Å². The zero-order valence-electron chi connectivity index (χ0n) is 11.9. The van der Waals surface area contributed by atoms with Crippen molar-refractivity contribution in [3.05, 3.63) is 47.0 Å². The van der Waals surface area contributed by atoms with Crippen LogP contribution in [0.3, 0.4) is 0 Å². The van der Waals surface area contributed by atoms with E-state index < -0.39 is 0 Å². The topological polar surface area (TPSA) is 61.7 Å². The molecular weight excluding hydrogens is 254 g/mol. The first-order chi connectivity index (χ1) is 9.52. The van der Waals surface area contributed by atoms with Crippen LogP contribution in [-0.2, 0) is 6.54 Å². The average molecular weight is 273 g/mol. The Kier molecular flexibility index (Phi) is 4.03. The van der Waals surface area contributed by atoms with Crippen LogP contribution in [0.2, 0.25) is 0 Å². The molecule has 4 heteroatoms. The lowest BCUT2D eigenvalue weighted by Crippen LogP contribution is -2.02. The van der Waals surface area contributed by atoms with Crippen molar-refractivity contribution in [2.45, 2.75) is 20.4 Å². The second-order valence-electron chi connectivity index (χ2n) is 4.76. The van der Waals surface area contributed by atoms with Crippen LogP contribution in [0.5, 0.6) is 17.2 Å². The Morgan fingerprint density at radius 3 is 2.45 bits per heavy atom. The number of aromatic hydroxyl groups is 2. The van der Waals surface area contributed by atoms with Crippen LogP contribution in [0.25, 0.3) is 0 Å². The first-order valence-corrected chi connectivity index (χ1v) is 6.42. The summed E-state index contributed by atoms with van der Waals surface area (Å²) in [7, 11) is 1.66. The first-order valence-electron chi connectivity index (χ1n) is 6.42. The van der Waals surface area contributed by atoms with Gasteiger partial charge in [0.1, 0.15) is 5.75 Å². The van der Waals surface area contributed by atoms with Gasteiger partial charge in [-0.25, -0.2) is 0 Å². The molecule has 106 valence electrons. The number of phenolic OH excluding ortho intramolecular Hbond substituents is 2. The van der Waals surface area contributed by atoms with Crippen molar-refractivity contribution in [3.8, 4) is 17.2 Å². The third-order valence-electron chi connectivity index (χ3n) is 3.33. The number of aryl methyl sites for hydroxylation is 1. The van der Waals surface area contributed by atoms with Crippen LogP contribution in [0.1, 0.15) is 16.7 Å². The third kappa shape index (κ3) is 2.79. The number of nitrogens with one attached hydrogen (secondary N) is 1. The number of methoxy groups -OCH3 is 1. The van der Waals surface area contributed by atoms with E-state index >= 15 is 0 Å². The molecular formula is C16H19NO3. The van der Waals surface area contributed by atoms with Crippen LogP contribution in [0, 0.1) is 13.8 Å². The number of anilines is 1. The Balaban J connectivity index is 2.16. The van der Waals surface area contributed by atoms with Crippen molar-refractivity contribution in [2.75, 3.05) is 12.4 Å². The van der Waals surface area contributed by atoms with Crippen LogP contribution < -0.4 is 10.1 Å². The van der Waals surface area contributed by atoms with E-state index in [-0.39, 0.29) is 11.5 Å². The molecule has 2 aromatic carbocycles.